The van der Waals surface area contributed by atoms with Gasteiger partial charge in [-0.05, 0) is 35.4 Å². The fourth-order valence-corrected chi connectivity index (χ4v) is 2.20. The fraction of sp³-hybridized carbons (Fsp3) is 0. The third kappa shape index (κ3) is 4.39. The maximum absolute atomic E-state index is 11.8. The topological polar surface area (TPSA) is 81.8 Å². The van der Waals surface area contributed by atoms with Gasteiger partial charge in [-0.2, -0.15) is 0 Å². The summed E-state index contributed by atoms with van der Waals surface area (Å²) in [6.45, 7) is 0. The number of hydrogen-bond donors (Lipinski definition) is 0. The summed E-state index contributed by atoms with van der Waals surface area (Å²) < 4.78 is 5.07. The molecule has 0 saturated heterocycles. The number of esters is 1. The number of carbonyl (C=O) groups is 1. The van der Waals surface area contributed by atoms with Gasteiger partial charge in [0.15, 0.2) is 5.70 Å². The second kappa shape index (κ2) is 7.85. The van der Waals surface area contributed by atoms with E-state index in [2.05, 4.69) is 4.99 Å². The lowest BCUT2D eigenvalue weighted by atomic mass is 10.2. The molecule has 3 rings (SSSR count). The number of non-ortho nitro benzene ring substituents is 1. The molecule has 1 aliphatic rings. The van der Waals surface area contributed by atoms with Crippen LogP contribution in [0.4, 0.5) is 5.69 Å². The summed E-state index contributed by atoms with van der Waals surface area (Å²) >= 11 is 0. The molecule has 0 aromatic heterocycles. The van der Waals surface area contributed by atoms with Crippen molar-refractivity contribution >= 4 is 29.7 Å². The van der Waals surface area contributed by atoms with Gasteiger partial charge in [0.25, 0.3) is 5.69 Å². The summed E-state index contributed by atoms with van der Waals surface area (Å²) in [4.78, 5) is 26.1. The van der Waals surface area contributed by atoms with Crippen LogP contribution in [0.15, 0.2) is 83.5 Å². The van der Waals surface area contributed by atoms with Crippen LogP contribution in [-0.2, 0) is 9.53 Å². The monoisotopic (exact) mass is 346 g/mol. The van der Waals surface area contributed by atoms with Crippen molar-refractivity contribution in [3.8, 4) is 0 Å². The number of nitro benzene ring substituents is 1. The SMILES string of the molecule is O=C1OC(C=Cc2ccc([N+](=O)[O-])cc2)=NC1=CC=Cc1ccccc1. The number of hydrogen-bond acceptors (Lipinski definition) is 5. The Morgan fingerprint density at radius 3 is 2.31 bits per heavy atom. The molecule has 6 nitrogen and oxygen atoms in total. The largest absolute Gasteiger partial charge is 0.403 e. The number of benzene rings is 2. The molecule has 0 aliphatic carbocycles. The Kier molecular flexibility index (Phi) is 5.14. The van der Waals surface area contributed by atoms with Gasteiger partial charge in [-0.15, -0.1) is 0 Å². The molecule has 0 radical (unpaired) electrons. The molecular weight excluding hydrogens is 332 g/mol. The molecule has 0 N–H and O–H groups in total. The Bertz CT molecular complexity index is 940. The highest BCUT2D eigenvalue weighted by Crippen LogP contribution is 2.15. The molecule has 0 spiro atoms. The van der Waals surface area contributed by atoms with Crippen molar-refractivity contribution in [2.75, 3.05) is 0 Å². The molecule has 26 heavy (non-hydrogen) atoms. The van der Waals surface area contributed by atoms with Gasteiger partial charge in [-0.1, -0.05) is 42.5 Å². The number of rotatable bonds is 5. The van der Waals surface area contributed by atoms with Gasteiger partial charge in [-0.25, -0.2) is 9.79 Å². The van der Waals surface area contributed by atoms with Gasteiger partial charge in [0.2, 0.25) is 5.90 Å². The Morgan fingerprint density at radius 2 is 1.62 bits per heavy atom. The number of carbonyl (C=O) groups excluding carboxylic acids is 1. The van der Waals surface area contributed by atoms with Gasteiger partial charge in [-0.3, -0.25) is 10.1 Å². The molecule has 2 aromatic rings. The van der Waals surface area contributed by atoms with E-state index >= 15 is 0 Å². The minimum Gasteiger partial charge on any atom is -0.403 e. The molecule has 0 saturated carbocycles. The zero-order chi connectivity index (χ0) is 18.4. The molecule has 1 heterocycles. The molecule has 0 atom stereocenters. The highest BCUT2D eigenvalue weighted by Gasteiger charge is 2.20. The van der Waals surface area contributed by atoms with Crippen molar-refractivity contribution in [1.82, 2.24) is 0 Å². The number of allylic oxidation sites excluding steroid dienone is 2. The van der Waals surface area contributed by atoms with Crippen molar-refractivity contribution in [3.63, 3.8) is 0 Å². The number of nitrogens with zero attached hydrogens (tertiary/aromatic N) is 2. The van der Waals surface area contributed by atoms with Crippen LogP contribution in [0.2, 0.25) is 0 Å². The van der Waals surface area contributed by atoms with E-state index in [4.69, 9.17) is 4.74 Å². The summed E-state index contributed by atoms with van der Waals surface area (Å²) in [5, 5.41) is 10.6. The van der Waals surface area contributed by atoms with Gasteiger partial charge in [0, 0.05) is 18.2 Å². The van der Waals surface area contributed by atoms with Crippen molar-refractivity contribution in [1.29, 1.82) is 0 Å². The maximum Gasteiger partial charge on any atom is 0.363 e. The molecule has 0 fully saturated rings. The average molecular weight is 346 g/mol. The molecule has 1 aliphatic heterocycles. The van der Waals surface area contributed by atoms with Crippen LogP contribution >= 0.6 is 0 Å². The van der Waals surface area contributed by atoms with Crippen molar-refractivity contribution in [2.24, 2.45) is 4.99 Å². The quantitative estimate of drug-likeness (QED) is 0.352. The van der Waals surface area contributed by atoms with E-state index in [-0.39, 0.29) is 17.3 Å². The molecule has 0 bridgehead atoms. The summed E-state index contributed by atoms with van der Waals surface area (Å²) in [5.74, 6) is -0.348. The van der Waals surface area contributed by atoms with E-state index in [1.165, 1.54) is 12.1 Å². The van der Waals surface area contributed by atoms with Gasteiger partial charge in [0.05, 0.1) is 4.92 Å². The van der Waals surface area contributed by atoms with E-state index in [0.717, 1.165) is 11.1 Å². The Hall–Kier alpha value is -3.80. The van der Waals surface area contributed by atoms with E-state index in [1.54, 1.807) is 36.4 Å². The first-order valence-corrected chi connectivity index (χ1v) is 7.79. The minimum atomic E-state index is -0.522. The standard InChI is InChI=1S/C20H14N2O4/c23-20-18(8-4-7-15-5-2-1-3-6-15)21-19(26-20)14-11-16-9-12-17(13-10-16)22(24)25/h1-14H. The van der Waals surface area contributed by atoms with E-state index < -0.39 is 10.9 Å². The Morgan fingerprint density at radius 1 is 0.923 bits per heavy atom. The second-order valence-corrected chi connectivity index (χ2v) is 5.34. The highest BCUT2D eigenvalue weighted by atomic mass is 16.6. The van der Waals surface area contributed by atoms with Crippen molar-refractivity contribution in [3.05, 3.63) is 99.8 Å². The molecule has 0 amide bonds. The first-order valence-electron chi connectivity index (χ1n) is 7.79. The lowest BCUT2D eigenvalue weighted by Gasteiger charge is -1.94. The van der Waals surface area contributed by atoms with Gasteiger partial charge >= 0.3 is 5.97 Å². The molecular formula is C20H14N2O4. The van der Waals surface area contributed by atoms with Crippen LogP contribution in [0.5, 0.6) is 0 Å². The van der Waals surface area contributed by atoms with Gasteiger partial charge in [0.1, 0.15) is 0 Å². The molecule has 6 heteroatoms. The van der Waals surface area contributed by atoms with Crippen LogP contribution in [-0.4, -0.2) is 16.8 Å². The lowest BCUT2D eigenvalue weighted by molar-refractivity contribution is -0.384. The van der Waals surface area contributed by atoms with Crippen molar-refractivity contribution < 1.29 is 14.5 Å². The van der Waals surface area contributed by atoms with Crippen LogP contribution in [0.1, 0.15) is 11.1 Å². The second-order valence-electron chi connectivity index (χ2n) is 5.34. The third-order valence-corrected chi connectivity index (χ3v) is 3.50. The van der Waals surface area contributed by atoms with Crippen LogP contribution in [0.25, 0.3) is 12.2 Å². The number of nitro groups is 1. The highest BCUT2D eigenvalue weighted by molar-refractivity contribution is 6.09. The summed E-state index contributed by atoms with van der Waals surface area (Å²) in [5.41, 5.74) is 1.97. The smallest absolute Gasteiger partial charge is 0.363 e. The Labute approximate surface area is 149 Å². The summed E-state index contributed by atoms with van der Waals surface area (Å²) in [6.07, 6.45) is 8.39. The van der Waals surface area contributed by atoms with Gasteiger partial charge < -0.3 is 4.74 Å². The normalized spacial score (nSPS) is 15.6. The average Bonchev–Trinajstić information content (AvgIpc) is 3.01. The molecule has 128 valence electrons. The lowest BCUT2D eigenvalue weighted by Crippen LogP contribution is -2.00. The zero-order valence-corrected chi connectivity index (χ0v) is 13.6. The zero-order valence-electron chi connectivity index (χ0n) is 13.6. The van der Waals surface area contributed by atoms with Crippen molar-refractivity contribution in [2.45, 2.75) is 0 Å². The number of ether oxygens (including phenoxy) is 1. The third-order valence-electron chi connectivity index (χ3n) is 3.50. The Balaban J connectivity index is 1.68. The number of aliphatic imine (C=N–C) groups is 1. The predicted octanol–water partition coefficient (Wildman–Crippen LogP) is 4.16. The maximum atomic E-state index is 11.8. The first kappa shape index (κ1) is 17.0. The number of cyclic esters (lactones) is 1. The summed E-state index contributed by atoms with van der Waals surface area (Å²) in [6, 6.07) is 15.7. The first-order chi connectivity index (χ1) is 12.6. The van der Waals surface area contributed by atoms with Crippen LogP contribution in [0, 0.1) is 10.1 Å². The molecule has 2 aromatic carbocycles. The molecule has 0 unspecified atom stereocenters. The minimum absolute atomic E-state index is 0.0159. The summed E-state index contributed by atoms with van der Waals surface area (Å²) in [7, 11) is 0. The van der Waals surface area contributed by atoms with E-state index in [1.807, 2.05) is 36.4 Å². The van der Waals surface area contributed by atoms with E-state index in [9.17, 15) is 14.9 Å². The van der Waals surface area contributed by atoms with Crippen LogP contribution in [0.3, 0.4) is 0 Å². The van der Waals surface area contributed by atoms with E-state index in [0.29, 0.717) is 0 Å². The fourth-order valence-electron chi connectivity index (χ4n) is 2.20. The predicted molar refractivity (Wildman–Crippen MR) is 99.2 cm³/mol. The van der Waals surface area contributed by atoms with Crippen LogP contribution < -0.4 is 0 Å².